The average Bonchev–Trinajstić information content (AvgIpc) is 2.51. The van der Waals surface area contributed by atoms with Crippen molar-refractivity contribution in [1.82, 2.24) is 10.2 Å². The minimum Gasteiger partial charge on any atom is -0.465 e. The van der Waals surface area contributed by atoms with Crippen LogP contribution in [-0.2, 0) is 16.4 Å². The Kier molecular flexibility index (Phi) is 6.01. The lowest BCUT2D eigenvalue weighted by Crippen LogP contribution is -2.38. The van der Waals surface area contributed by atoms with Crippen LogP contribution in [0.3, 0.4) is 0 Å². The van der Waals surface area contributed by atoms with Gasteiger partial charge in [-0.2, -0.15) is 0 Å². The lowest BCUT2D eigenvalue weighted by Gasteiger charge is -2.29. The van der Waals surface area contributed by atoms with Gasteiger partial charge in [-0.05, 0) is 49.4 Å². The van der Waals surface area contributed by atoms with E-state index < -0.39 is 15.9 Å². The molecule has 1 saturated heterocycles. The first-order chi connectivity index (χ1) is 10.9. The Labute approximate surface area is 137 Å². The van der Waals surface area contributed by atoms with Gasteiger partial charge < -0.3 is 15.3 Å². The number of piperidine rings is 1. The summed E-state index contributed by atoms with van der Waals surface area (Å²) in [4.78, 5) is 12.7. The Bertz CT molecular complexity index is 620. The average molecular weight is 340 g/mol. The van der Waals surface area contributed by atoms with Gasteiger partial charge in [0.1, 0.15) is 0 Å². The Balaban J connectivity index is 1.67. The second-order valence-corrected chi connectivity index (χ2v) is 8.11. The number of nitrogens with zero attached hydrogens (tertiary/aromatic N) is 1. The van der Waals surface area contributed by atoms with E-state index in [9.17, 15) is 13.2 Å². The summed E-state index contributed by atoms with van der Waals surface area (Å²) < 4.78 is 22.8. The summed E-state index contributed by atoms with van der Waals surface area (Å²) in [5.41, 5.74) is 1.05. The van der Waals surface area contributed by atoms with Crippen LogP contribution in [0.1, 0.15) is 24.8 Å². The Morgan fingerprint density at radius 3 is 2.39 bits per heavy atom. The summed E-state index contributed by atoms with van der Waals surface area (Å²) >= 11 is 0. The third-order valence-corrected chi connectivity index (χ3v) is 5.42. The van der Waals surface area contributed by atoms with Gasteiger partial charge in [0.2, 0.25) is 0 Å². The molecule has 1 heterocycles. The van der Waals surface area contributed by atoms with Crippen molar-refractivity contribution in [3.63, 3.8) is 0 Å². The maximum absolute atomic E-state index is 11.4. The molecule has 0 aromatic heterocycles. The van der Waals surface area contributed by atoms with Gasteiger partial charge in [0, 0.05) is 25.9 Å². The standard InChI is InChI=1S/C16H24N2O4S/c1-23(21,22)15-4-2-14(3-5-15)12-17-9-6-13-7-10-18(11-8-13)16(19)20/h2-5,13,17H,6-12H2,1H3,(H,19,20). The lowest BCUT2D eigenvalue weighted by atomic mass is 9.94. The van der Waals surface area contributed by atoms with Gasteiger partial charge in [-0.1, -0.05) is 12.1 Å². The van der Waals surface area contributed by atoms with Crippen LogP contribution in [0.5, 0.6) is 0 Å². The highest BCUT2D eigenvalue weighted by atomic mass is 32.2. The zero-order valence-corrected chi connectivity index (χ0v) is 14.2. The molecule has 0 unspecified atom stereocenters. The van der Waals surface area contributed by atoms with Crippen LogP contribution in [0.25, 0.3) is 0 Å². The molecule has 1 aliphatic heterocycles. The Morgan fingerprint density at radius 1 is 1.26 bits per heavy atom. The third kappa shape index (κ3) is 5.51. The van der Waals surface area contributed by atoms with Crippen LogP contribution in [0.15, 0.2) is 29.2 Å². The van der Waals surface area contributed by atoms with Crippen molar-refractivity contribution in [1.29, 1.82) is 0 Å². The summed E-state index contributed by atoms with van der Waals surface area (Å²) in [5, 5.41) is 12.3. The molecule has 2 N–H and O–H groups in total. The van der Waals surface area contributed by atoms with Gasteiger partial charge in [-0.15, -0.1) is 0 Å². The molecule has 1 amide bonds. The molecule has 1 aromatic rings. The Hall–Kier alpha value is -1.60. The number of hydrogen-bond donors (Lipinski definition) is 2. The number of hydrogen-bond acceptors (Lipinski definition) is 4. The zero-order chi connectivity index (χ0) is 16.9. The van der Waals surface area contributed by atoms with Crippen molar-refractivity contribution in [2.75, 3.05) is 25.9 Å². The molecule has 0 bridgehead atoms. The van der Waals surface area contributed by atoms with Gasteiger partial charge in [0.05, 0.1) is 4.90 Å². The number of benzene rings is 1. The van der Waals surface area contributed by atoms with Crippen molar-refractivity contribution in [2.45, 2.75) is 30.7 Å². The summed E-state index contributed by atoms with van der Waals surface area (Å²) in [5.74, 6) is 0.575. The van der Waals surface area contributed by atoms with Crippen LogP contribution in [0.2, 0.25) is 0 Å². The van der Waals surface area contributed by atoms with E-state index in [1.54, 1.807) is 12.1 Å². The highest BCUT2D eigenvalue weighted by Gasteiger charge is 2.21. The van der Waals surface area contributed by atoms with Gasteiger partial charge in [0.15, 0.2) is 9.84 Å². The molecule has 23 heavy (non-hydrogen) atoms. The van der Waals surface area contributed by atoms with Crippen molar-refractivity contribution < 1.29 is 18.3 Å². The molecule has 0 aliphatic carbocycles. The molecule has 6 nitrogen and oxygen atoms in total. The Morgan fingerprint density at radius 2 is 1.87 bits per heavy atom. The summed E-state index contributed by atoms with van der Waals surface area (Å²) in [6.07, 6.45) is 3.28. The minimum absolute atomic E-state index is 0.339. The van der Waals surface area contributed by atoms with E-state index in [-0.39, 0.29) is 0 Å². The molecular formula is C16H24N2O4S. The van der Waals surface area contributed by atoms with Gasteiger partial charge in [-0.3, -0.25) is 0 Å². The number of likely N-dealkylation sites (tertiary alicyclic amines) is 1. The van der Waals surface area contributed by atoms with Crippen molar-refractivity contribution >= 4 is 15.9 Å². The number of sulfone groups is 1. The quantitative estimate of drug-likeness (QED) is 0.773. The molecule has 0 saturated carbocycles. The molecular weight excluding hydrogens is 316 g/mol. The topological polar surface area (TPSA) is 86.7 Å². The van der Waals surface area contributed by atoms with Crippen molar-refractivity contribution in [2.24, 2.45) is 5.92 Å². The minimum atomic E-state index is -3.14. The highest BCUT2D eigenvalue weighted by molar-refractivity contribution is 7.90. The van der Waals surface area contributed by atoms with Crippen LogP contribution < -0.4 is 5.32 Å². The largest absolute Gasteiger partial charge is 0.465 e. The fraction of sp³-hybridized carbons (Fsp3) is 0.562. The maximum atomic E-state index is 11.4. The number of nitrogens with one attached hydrogen (secondary N) is 1. The fourth-order valence-corrected chi connectivity index (χ4v) is 3.44. The number of amides is 1. The van der Waals surface area contributed by atoms with E-state index in [2.05, 4.69) is 5.32 Å². The van der Waals surface area contributed by atoms with E-state index in [0.717, 1.165) is 31.4 Å². The van der Waals surface area contributed by atoms with E-state index in [1.165, 1.54) is 11.2 Å². The van der Waals surface area contributed by atoms with Crippen molar-refractivity contribution in [3.05, 3.63) is 29.8 Å². The zero-order valence-electron chi connectivity index (χ0n) is 13.4. The number of rotatable bonds is 6. The second kappa shape index (κ2) is 7.79. The first kappa shape index (κ1) is 17.7. The predicted molar refractivity (Wildman–Crippen MR) is 88.2 cm³/mol. The number of carboxylic acid groups (broad SMARTS) is 1. The second-order valence-electron chi connectivity index (χ2n) is 6.09. The molecule has 7 heteroatoms. The van der Waals surface area contributed by atoms with Gasteiger partial charge >= 0.3 is 6.09 Å². The predicted octanol–water partition coefficient (Wildman–Crippen LogP) is 1.96. The smallest absolute Gasteiger partial charge is 0.407 e. The van der Waals surface area contributed by atoms with E-state index in [4.69, 9.17) is 5.11 Å². The van der Waals surface area contributed by atoms with Gasteiger partial charge in [0.25, 0.3) is 0 Å². The fourth-order valence-electron chi connectivity index (χ4n) is 2.81. The third-order valence-electron chi connectivity index (χ3n) is 4.30. The van der Waals surface area contributed by atoms with Crippen molar-refractivity contribution in [3.8, 4) is 0 Å². The normalized spacial score (nSPS) is 16.5. The molecule has 1 aromatic carbocycles. The lowest BCUT2D eigenvalue weighted by molar-refractivity contribution is 0.123. The molecule has 128 valence electrons. The van der Waals surface area contributed by atoms with Crippen LogP contribution in [0.4, 0.5) is 4.79 Å². The van der Waals surface area contributed by atoms with E-state index >= 15 is 0 Å². The summed E-state index contributed by atoms with van der Waals surface area (Å²) in [6, 6.07) is 6.92. The maximum Gasteiger partial charge on any atom is 0.407 e. The first-order valence-corrected chi connectivity index (χ1v) is 9.73. The highest BCUT2D eigenvalue weighted by Crippen LogP contribution is 2.20. The molecule has 0 spiro atoms. The van der Waals surface area contributed by atoms with Crippen LogP contribution in [0, 0.1) is 5.92 Å². The van der Waals surface area contributed by atoms with E-state index in [0.29, 0.717) is 30.4 Å². The molecule has 1 aliphatic rings. The molecule has 1 fully saturated rings. The van der Waals surface area contributed by atoms with Gasteiger partial charge in [-0.25, -0.2) is 13.2 Å². The molecule has 0 radical (unpaired) electrons. The molecule has 2 rings (SSSR count). The van der Waals surface area contributed by atoms with E-state index in [1.807, 2.05) is 12.1 Å². The SMILES string of the molecule is CS(=O)(=O)c1ccc(CNCCC2CCN(C(=O)O)CC2)cc1. The summed E-state index contributed by atoms with van der Waals surface area (Å²) in [6.45, 7) is 2.85. The van der Waals surface area contributed by atoms with Crippen LogP contribution >= 0.6 is 0 Å². The molecule has 0 atom stereocenters. The number of carbonyl (C=O) groups is 1. The monoisotopic (exact) mass is 340 g/mol. The first-order valence-electron chi connectivity index (χ1n) is 7.84. The van der Waals surface area contributed by atoms with Crippen LogP contribution in [-0.4, -0.2) is 50.4 Å². The summed E-state index contributed by atoms with van der Waals surface area (Å²) in [7, 11) is -3.14.